The number of ether oxygens (including phenoxy) is 1. The van der Waals surface area contributed by atoms with Crippen LogP contribution in [0.25, 0.3) is 0 Å². The first kappa shape index (κ1) is 19.9. The molecule has 0 saturated heterocycles. The number of halogens is 1. The third kappa shape index (κ3) is 6.47. The van der Waals surface area contributed by atoms with Crippen LogP contribution < -0.4 is 11.3 Å². The van der Waals surface area contributed by atoms with Gasteiger partial charge in [-0.2, -0.15) is 0 Å². The number of hydrazine groups is 1. The van der Waals surface area contributed by atoms with Crippen molar-refractivity contribution in [1.82, 2.24) is 10.4 Å². The molecular weight excluding hydrogens is 354 g/mol. The van der Waals surface area contributed by atoms with Gasteiger partial charge < -0.3 is 4.74 Å². The Morgan fingerprint density at radius 2 is 2.13 bits per heavy atom. The zero-order valence-electron chi connectivity index (χ0n) is 13.3. The molecule has 8 heteroatoms. The first-order valence-corrected chi connectivity index (χ1v) is 8.90. The molecule has 0 unspecified atom stereocenters. The molecule has 0 radical (unpaired) electrons. The van der Waals surface area contributed by atoms with Crippen molar-refractivity contribution >= 4 is 41.2 Å². The van der Waals surface area contributed by atoms with E-state index in [-0.39, 0.29) is 12.4 Å². The molecule has 0 fully saturated rings. The third-order valence-corrected chi connectivity index (χ3v) is 5.44. The normalized spacial score (nSPS) is 10.2. The van der Waals surface area contributed by atoms with Crippen molar-refractivity contribution in [3.8, 4) is 0 Å². The number of aromatic nitrogens is 1. The van der Waals surface area contributed by atoms with Gasteiger partial charge in [-0.15, -0.1) is 35.1 Å². The van der Waals surface area contributed by atoms with Crippen LogP contribution in [0.2, 0.25) is 0 Å². The molecule has 1 amide bonds. The highest BCUT2D eigenvalue weighted by molar-refractivity contribution is 7.12. The Morgan fingerprint density at radius 3 is 2.78 bits per heavy atom. The fraction of sp³-hybridized carbons (Fsp3) is 0.467. The molecule has 2 heterocycles. The predicted octanol–water partition coefficient (Wildman–Crippen LogP) is 3.56. The van der Waals surface area contributed by atoms with Crippen LogP contribution in [0.4, 0.5) is 4.79 Å². The molecule has 5 nitrogen and oxygen atoms in total. The topological polar surface area (TPSA) is 77.2 Å². The van der Waals surface area contributed by atoms with Crippen molar-refractivity contribution in [2.45, 2.75) is 39.5 Å². The molecule has 3 N–H and O–H groups in total. The third-order valence-electron chi connectivity index (χ3n) is 3.26. The highest BCUT2D eigenvalue weighted by Crippen LogP contribution is 2.25. The molecule has 128 valence electrons. The van der Waals surface area contributed by atoms with E-state index in [2.05, 4.69) is 23.4 Å². The van der Waals surface area contributed by atoms with Gasteiger partial charge in [0.2, 0.25) is 0 Å². The summed E-state index contributed by atoms with van der Waals surface area (Å²) in [4.78, 5) is 18.1. The minimum Gasteiger partial charge on any atom is -0.449 e. The molecule has 2 aromatic rings. The Kier molecular flexibility index (Phi) is 8.54. The Labute approximate surface area is 150 Å². The average molecular weight is 376 g/mol. The first-order chi connectivity index (χ1) is 10.6. The number of thiophene rings is 1. The van der Waals surface area contributed by atoms with Crippen LogP contribution in [0.5, 0.6) is 0 Å². The zero-order chi connectivity index (χ0) is 15.9. The van der Waals surface area contributed by atoms with E-state index in [1.54, 1.807) is 11.3 Å². The molecule has 0 spiro atoms. The summed E-state index contributed by atoms with van der Waals surface area (Å²) < 4.78 is 4.89. The molecule has 0 aromatic carbocycles. The Hall–Kier alpha value is -1.15. The van der Waals surface area contributed by atoms with Gasteiger partial charge in [0.15, 0.2) is 0 Å². The van der Waals surface area contributed by atoms with Gasteiger partial charge in [0.25, 0.3) is 0 Å². The highest BCUT2D eigenvalue weighted by atomic mass is 35.5. The fourth-order valence-corrected chi connectivity index (χ4v) is 4.04. The fourth-order valence-electron chi connectivity index (χ4n) is 2.18. The van der Waals surface area contributed by atoms with Crippen LogP contribution >= 0.6 is 35.1 Å². The van der Waals surface area contributed by atoms with E-state index in [0.29, 0.717) is 6.61 Å². The van der Waals surface area contributed by atoms with E-state index in [1.165, 1.54) is 21.0 Å². The summed E-state index contributed by atoms with van der Waals surface area (Å²) in [5.41, 5.74) is 4.44. The van der Waals surface area contributed by atoms with Gasteiger partial charge in [-0.05, 0) is 51.2 Å². The lowest BCUT2D eigenvalue weighted by Crippen LogP contribution is -2.30. The molecule has 23 heavy (non-hydrogen) atoms. The van der Waals surface area contributed by atoms with Crippen LogP contribution in [0.1, 0.15) is 32.4 Å². The molecular formula is C15H22ClN3O2S2. The summed E-state index contributed by atoms with van der Waals surface area (Å²) in [6.07, 6.45) is 3.16. The molecule has 0 aliphatic heterocycles. The zero-order valence-corrected chi connectivity index (χ0v) is 15.7. The van der Waals surface area contributed by atoms with E-state index in [0.717, 1.165) is 30.7 Å². The summed E-state index contributed by atoms with van der Waals surface area (Å²) >= 11 is 3.55. The van der Waals surface area contributed by atoms with Crippen LogP contribution in [0.15, 0.2) is 11.4 Å². The molecule has 2 aromatic heterocycles. The van der Waals surface area contributed by atoms with Gasteiger partial charge in [-0.25, -0.2) is 15.6 Å². The minimum absolute atomic E-state index is 0. The Morgan fingerprint density at radius 1 is 1.35 bits per heavy atom. The van der Waals surface area contributed by atoms with Crippen LogP contribution in [0.3, 0.4) is 0 Å². The second-order valence-corrected chi connectivity index (χ2v) is 7.34. The molecule has 0 saturated carbocycles. The van der Waals surface area contributed by atoms with Crippen molar-refractivity contribution in [2.75, 3.05) is 6.61 Å². The van der Waals surface area contributed by atoms with Crippen LogP contribution in [-0.4, -0.2) is 17.7 Å². The van der Waals surface area contributed by atoms with Gasteiger partial charge in [-0.3, -0.25) is 5.43 Å². The van der Waals surface area contributed by atoms with Crippen molar-refractivity contribution in [1.29, 1.82) is 0 Å². The van der Waals surface area contributed by atoms with Gasteiger partial charge in [-0.1, -0.05) is 0 Å². The summed E-state index contributed by atoms with van der Waals surface area (Å²) in [7, 11) is 0. The summed E-state index contributed by atoms with van der Waals surface area (Å²) in [6.45, 7) is 4.55. The number of carbonyl (C=O) groups excluding carboxylic acids is 1. The Bertz CT molecular complexity index is 628. The number of nitrogens with two attached hydrogens (primary N) is 1. The maximum atomic E-state index is 10.9. The largest absolute Gasteiger partial charge is 0.449 e. The van der Waals surface area contributed by atoms with Gasteiger partial charge in [0, 0.05) is 15.1 Å². The van der Waals surface area contributed by atoms with Gasteiger partial charge in [0.1, 0.15) is 0 Å². The number of rotatable bonds is 7. The van der Waals surface area contributed by atoms with Gasteiger partial charge in [0.05, 0.1) is 17.3 Å². The number of aryl methyl sites for hydroxylation is 5. The van der Waals surface area contributed by atoms with Gasteiger partial charge >= 0.3 is 6.09 Å². The number of hydrogen-bond acceptors (Lipinski definition) is 6. The van der Waals surface area contributed by atoms with E-state index < -0.39 is 6.09 Å². The molecule has 0 atom stereocenters. The molecule has 0 bridgehead atoms. The predicted molar refractivity (Wildman–Crippen MR) is 97.6 cm³/mol. The number of nitrogens with zero attached hydrogens (tertiary/aromatic N) is 1. The average Bonchev–Trinajstić information content (AvgIpc) is 3.07. The van der Waals surface area contributed by atoms with E-state index in [1.807, 2.05) is 23.7 Å². The molecule has 2 rings (SSSR count). The summed E-state index contributed by atoms with van der Waals surface area (Å²) in [5, 5.41) is 3.26. The Balaban J connectivity index is 0.00000264. The van der Waals surface area contributed by atoms with Crippen LogP contribution in [-0.2, 0) is 24.0 Å². The monoisotopic (exact) mass is 375 g/mol. The lowest BCUT2D eigenvalue weighted by Gasteiger charge is -2.03. The summed E-state index contributed by atoms with van der Waals surface area (Å²) in [6, 6.07) is 2.26. The number of hydrogen-bond donors (Lipinski definition) is 2. The number of thiazole rings is 1. The van der Waals surface area contributed by atoms with E-state index in [9.17, 15) is 4.79 Å². The van der Waals surface area contributed by atoms with Crippen molar-refractivity contribution in [2.24, 2.45) is 5.84 Å². The van der Waals surface area contributed by atoms with Crippen molar-refractivity contribution in [3.63, 3.8) is 0 Å². The lowest BCUT2D eigenvalue weighted by atomic mass is 10.1. The lowest BCUT2D eigenvalue weighted by molar-refractivity contribution is 0.145. The second-order valence-electron chi connectivity index (χ2n) is 5.06. The highest BCUT2D eigenvalue weighted by Gasteiger charge is 2.07. The number of carbonyl (C=O) groups is 1. The quantitative estimate of drug-likeness (QED) is 0.335. The van der Waals surface area contributed by atoms with E-state index >= 15 is 0 Å². The standard InChI is InChI=1S/C15H21N3O2S2.ClH/c1-10-8-13(6-5-12-9-21-11(2)17-12)22-14(10)4-3-7-20-15(19)18-16;/h8-9H,3-7,16H2,1-2H3,(H,18,19);1H. The van der Waals surface area contributed by atoms with Crippen LogP contribution in [0, 0.1) is 13.8 Å². The molecule has 0 aliphatic carbocycles. The van der Waals surface area contributed by atoms with Crippen molar-refractivity contribution in [3.05, 3.63) is 37.5 Å². The second kappa shape index (κ2) is 9.87. The minimum atomic E-state index is -0.581. The summed E-state index contributed by atoms with van der Waals surface area (Å²) in [5.74, 6) is 4.95. The maximum absolute atomic E-state index is 10.9. The maximum Gasteiger partial charge on any atom is 0.421 e. The number of amides is 1. The van der Waals surface area contributed by atoms with Crippen molar-refractivity contribution < 1.29 is 9.53 Å². The number of nitrogens with one attached hydrogen (secondary N) is 1. The SMILES string of the molecule is Cc1nc(CCc2cc(C)c(CCCOC(=O)NN)s2)cs1.Cl. The smallest absolute Gasteiger partial charge is 0.421 e. The molecule has 0 aliphatic rings. The first-order valence-electron chi connectivity index (χ1n) is 7.21. The van der Waals surface area contributed by atoms with E-state index in [4.69, 9.17) is 10.6 Å².